The lowest BCUT2D eigenvalue weighted by atomic mass is 10.2. The van der Waals surface area contributed by atoms with Crippen molar-refractivity contribution < 1.29 is 23.4 Å². The van der Waals surface area contributed by atoms with E-state index in [9.17, 15) is 13.9 Å². The fourth-order valence-corrected chi connectivity index (χ4v) is 3.85. The minimum absolute atomic E-state index is 0.249. The van der Waals surface area contributed by atoms with Crippen LogP contribution >= 0.6 is 0 Å². The summed E-state index contributed by atoms with van der Waals surface area (Å²) in [5, 5.41) is 15.3. The summed E-state index contributed by atoms with van der Waals surface area (Å²) >= 11 is 0. The van der Waals surface area contributed by atoms with E-state index in [1.54, 1.807) is 28.9 Å². The number of hydrogen-bond donors (Lipinski definition) is 1. The predicted octanol–water partition coefficient (Wildman–Crippen LogP) is 5.39. The van der Waals surface area contributed by atoms with Crippen molar-refractivity contribution in [2.75, 3.05) is 13.2 Å². The molecule has 1 heterocycles. The van der Waals surface area contributed by atoms with Crippen molar-refractivity contribution in [1.82, 2.24) is 14.7 Å². The molecular formula is C27H33F2N3O3. The van der Waals surface area contributed by atoms with Gasteiger partial charge in [-0.3, -0.25) is 4.90 Å². The molecule has 6 nitrogen and oxygen atoms in total. The zero-order valence-corrected chi connectivity index (χ0v) is 20.7. The number of rotatable bonds is 10. The van der Waals surface area contributed by atoms with Crippen molar-refractivity contribution in [1.29, 1.82) is 0 Å². The van der Waals surface area contributed by atoms with Gasteiger partial charge in [0.25, 0.3) is 0 Å². The van der Waals surface area contributed by atoms with E-state index in [1.165, 1.54) is 24.3 Å². The average Bonchev–Trinajstić information content (AvgIpc) is 3.60. The molecule has 0 amide bonds. The van der Waals surface area contributed by atoms with Crippen molar-refractivity contribution >= 4 is 0 Å². The van der Waals surface area contributed by atoms with Crippen molar-refractivity contribution in [2.45, 2.75) is 64.8 Å². The topological polar surface area (TPSA) is 59.8 Å². The normalized spacial score (nSPS) is 15.0. The van der Waals surface area contributed by atoms with Crippen LogP contribution in [0.15, 0.2) is 48.5 Å². The van der Waals surface area contributed by atoms with E-state index in [4.69, 9.17) is 9.47 Å². The van der Waals surface area contributed by atoms with Crippen LogP contribution < -0.4 is 4.74 Å². The van der Waals surface area contributed by atoms with Crippen LogP contribution in [0.3, 0.4) is 0 Å². The Bertz CT molecular complexity index is 1120. The van der Waals surface area contributed by atoms with Crippen molar-refractivity contribution in [3.05, 3.63) is 71.4 Å². The molecule has 0 aliphatic heterocycles. The van der Waals surface area contributed by atoms with Crippen molar-refractivity contribution in [3.8, 4) is 17.3 Å². The molecule has 8 heteroatoms. The minimum atomic E-state index is -0.635. The van der Waals surface area contributed by atoms with Crippen LogP contribution in [-0.4, -0.2) is 50.7 Å². The quantitative estimate of drug-likeness (QED) is 0.417. The van der Waals surface area contributed by atoms with Gasteiger partial charge in [-0.15, -0.1) is 0 Å². The monoisotopic (exact) mass is 485 g/mol. The van der Waals surface area contributed by atoms with Gasteiger partial charge in [0.1, 0.15) is 17.4 Å². The van der Waals surface area contributed by atoms with Crippen LogP contribution in [0.25, 0.3) is 5.69 Å². The number of nitrogens with zero attached hydrogens (tertiary/aromatic N) is 3. The summed E-state index contributed by atoms with van der Waals surface area (Å²) in [5.74, 6) is 0.247. The fourth-order valence-electron chi connectivity index (χ4n) is 3.85. The standard InChI is InChI=1S/C27H33F2N3O3/c1-18-25(16-31(21-11-12-21)15-23(33)17-34-27(2,3)4)26(35-24-13-7-20(29)8-14-24)32(30-18)22-9-5-19(28)6-10-22/h5-10,13-14,21,23,33H,11-12,15-17H2,1-4H3. The Labute approximate surface area is 205 Å². The van der Waals surface area contributed by atoms with E-state index >= 15 is 0 Å². The van der Waals surface area contributed by atoms with Gasteiger partial charge >= 0.3 is 0 Å². The third-order valence-corrected chi connectivity index (χ3v) is 5.82. The number of halogens is 2. The van der Waals surface area contributed by atoms with Crippen LogP contribution in [0, 0.1) is 18.6 Å². The highest BCUT2D eigenvalue weighted by Crippen LogP contribution is 2.35. The Morgan fingerprint density at radius 3 is 2.23 bits per heavy atom. The minimum Gasteiger partial charge on any atom is -0.439 e. The second kappa shape index (κ2) is 10.4. The molecule has 1 atom stereocenters. The summed E-state index contributed by atoms with van der Waals surface area (Å²) in [5.41, 5.74) is 1.94. The van der Waals surface area contributed by atoms with E-state index in [0.717, 1.165) is 24.1 Å². The van der Waals surface area contributed by atoms with Gasteiger partial charge in [0.15, 0.2) is 0 Å². The molecule has 1 fully saturated rings. The van der Waals surface area contributed by atoms with Gasteiger partial charge in [-0.2, -0.15) is 5.10 Å². The molecule has 2 aromatic carbocycles. The second-order valence-corrected chi connectivity index (χ2v) is 10.1. The molecule has 4 rings (SSSR count). The number of aliphatic hydroxyl groups excluding tert-OH is 1. The molecule has 1 unspecified atom stereocenters. The summed E-state index contributed by atoms with van der Waals surface area (Å²) in [6.45, 7) is 9.01. The van der Waals surface area contributed by atoms with Crippen LogP contribution in [0.5, 0.6) is 11.6 Å². The lowest BCUT2D eigenvalue weighted by molar-refractivity contribution is -0.0573. The van der Waals surface area contributed by atoms with Crippen molar-refractivity contribution in [2.24, 2.45) is 0 Å². The highest BCUT2D eigenvalue weighted by Gasteiger charge is 2.33. The van der Waals surface area contributed by atoms with E-state index in [0.29, 0.717) is 36.4 Å². The number of benzene rings is 2. The Kier molecular flexibility index (Phi) is 7.54. The molecule has 1 saturated carbocycles. The molecule has 188 valence electrons. The van der Waals surface area contributed by atoms with E-state index in [1.807, 2.05) is 27.7 Å². The Morgan fingerprint density at radius 2 is 1.66 bits per heavy atom. The van der Waals surface area contributed by atoms with Crippen LogP contribution in [-0.2, 0) is 11.3 Å². The summed E-state index contributed by atoms with van der Waals surface area (Å²) in [7, 11) is 0. The third kappa shape index (κ3) is 6.87. The molecular weight excluding hydrogens is 452 g/mol. The number of hydrogen-bond acceptors (Lipinski definition) is 5. The predicted molar refractivity (Wildman–Crippen MR) is 130 cm³/mol. The van der Waals surface area contributed by atoms with Gasteiger partial charge in [-0.25, -0.2) is 13.5 Å². The summed E-state index contributed by atoms with van der Waals surface area (Å²) in [6, 6.07) is 12.2. The summed E-state index contributed by atoms with van der Waals surface area (Å²) < 4.78 is 40.7. The van der Waals surface area contributed by atoms with Crippen LogP contribution in [0.4, 0.5) is 8.78 Å². The third-order valence-electron chi connectivity index (χ3n) is 5.82. The van der Waals surface area contributed by atoms with E-state index < -0.39 is 6.10 Å². The molecule has 1 N–H and O–H groups in total. The first-order chi connectivity index (χ1) is 16.6. The Morgan fingerprint density at radius 1 is 1.06 bits per heavy atom. The van der Waals surface area contributed by atoms with Gasteiger partial charge in [-0.1, -0.05) is 0 Å². The molecule has 0 radical (unpaired) electrons. The molecule has 3 aromatic rings. The SMILES string of the molecule is Cc1nn(-c2ccc(F)cc2)c(Oc2ccc(F)cc2)c1CN(CC(O)COC(C)(C)C)C1CC1. The molecule has 0 saturated heterocycles. The van der Waals surface area contributed by atoms with Gasteiger partial charge in [0, 0.05) is 19.1 Å². The zero-order chi connectivity index (χ0) is 25.2. The molecule has 0 bridgehead atoms. The van der Waals surface area contributed by atoms with E-state index in [2.05, 4.69) is 10.00 Å². The highest BCUT2D eigenvalue weighted by atomic mass is 19.1. The number of aryl methyl sites for hydroxylation is 1. The molecule has 1 aliphatic carbocycles. The highest BCUT2D eigenvalue weighted by molar-refractivity contribution is 5.43. The maximum atomic E-state index is 13.6. The fraction of sp³-hybridized carbons (Fsp3) is 0.444. The lowest BCUT2D eigenvalue weighted by Gasteiger charge is -2.27. The molecule has 1 aromatic heterocycles. The van der Waals surface area contributed by atoms with Gasteiger partial charge in [0.2, 0.25) is 5.88 Å². The van der Waals surface area contributed by atoms with Gasteiger partial charge in [-0.05, 0) is 89.1 Å². The van der Waals surface area contributed by atoms with Crippen molar-refractivity contribution in [3.63, 3.8) is 0 Å². The number of aromatic nitrogens is 2. The van der Waals surface area contributed by atoms with Gasteiger partial charge in [0.05, 0.1) is 35.3 Å². The zero-order valence-electron chi connectivity index (χ0n) is 20.7. The second-order valence-electron chi connectivity index (χ2n) is 10.1. The van der Waals surface area contributed by atoms with Crippen LogP contribution in [0.2, 0.25) is 0 Å². The first-order valence-electron chi connectivity index (χ1n) is 11.9. The lowest BCUT2D eigenvalue weighted by Crippen LogP contribution is -2.38. The number of ether oxygens (including phenoxy) is 2. The average molecular weight is 486 g/mol. The van der Waals surface area contributed by atoms with E-state index in [-0.39, 0.29) is 23.8 Å². The Hall–Kier alpha value is -2.81. The molecule has 1 aliphatic rings. The largest absolute Gasteiger partial charge is 0.439 e. The maximum Gasteiger partial charge on any atom is 0.227 e. The molecule has 35 heavy (non-hydrogen) atoms. The maximum absolute atomic E-state index is 13.6. The first kappa shape index (κ1) is 25.3. The van der Waals surface area contributed by atoms with Gasteiger partial charge < -0.3 is 14.6 Å². The van der Waals surface area contributed by atoms with Crippen LogP contribution in [0.1, 0.15) is 44.9 Å². The molecule has 0 spiro atoms. The first-order valence-corrected chi connectivity index (χ1v) is 11.9. The smallest absolute Gasteiger partial charge is 0.227 e. The summed E-state index contributed by atoms with van der Waals surface area (Å²) in [4.78, 5) is 2.23. The summed E-state index contributed by atoms with van der Waals surface area (Å²) in [6.07, 6.45) is 1.49. The number of aliphatic hydroxyl groups is 1. The Balaban J connectivity index is 1.63.